The highest BCUT2D eigenvalue weighted by Gasteiger charge is 2.45. The normalized spacial score (nSPS) is 16.5. The molecule has 2 N–H and O–H groups in total. The van der Waals surface area contributed by atoms with Gasteiger partial charge in [-0.15, -0.1) is 0 Å². The molecule has 0 atom stereocenters. The van der Waals surface area contributed by atoms with Gasteiger partial charge in [-0.3, -0.25) is 9.59 Å². The van der Waals surface area contributed by atoms with Crippen molar-refractivity contribution in [3.63, 3.8) is 0 Å². The molecule has 2 amide bonds. The lowest BCUT2D eigenvalue weighted by Gasteiger charge is -2.36. The predicted octanol–water partition coefficient (Wildman–Crippen LogP) is 2.22. The monoisotopic (exact) mass is 310 g/mol. The van der Waals surface area contributed by atoms with Crippen LogP contribution in [0.25, 0.3) is 0 Å². The Morgan fingerprint density at radius 1 is 1.33 bits per heavy atom. The lowest BCUT2D eigenvalue weighted by Crippen LogP contribution is -2.56. The van der Waals surface area contributed by atoms with E-state index in [9.17, 15) is 9.59 Å². The molecule has 0 radical (unpaired) electrons. The maximum absolute atomic E-state index is 12.6. The third-order valence-electron chi connectivity index (χ3n) is 4.23. The van der Waals surface area contributed by atoms with E-state index in [4.69, 9.17) is 22.1 Å². The third-order valence-corrected chi connectivity index (χ3v) is 4.55. The van der Waals surface area contributed by atoms with E-state index in [1.807, 2.05) is 0 Å². The molecule has 114 valence electrons. The summed E-state index contributed by atoms with van der Waals surface area (Å²) < 4.78 is 5.12. The second-order valence-electron chi connectivity index (χ2n) is 5.32. The molecule has 1 aliphatic carbocycles. The Balaban J connectivity index is 2.32. The Kier molecular flexibility index (Phi) is 4.42. The highest BCUT2D eigenvalue weighted by atomic mass is 35.5. The number of likely N-dealkylation sites (N-methyl/N-ethyl adjacent to an activating group) is 1. The Morgan fingerprint density at radius 3 is 2.48 bits per heavy atom. The van der Waals surface area contributed by atoms with Crippen LogP contribution in [0.4, 0.5) is 0 Å². The van der Waals surface area contributed by atoms with E-state index >= 15 is 0 Å². The van der Waals surface area contributed by atoms with Crippen molar-refractivity contribution in [1.29, 1.82) is 0 Å². The van der Waals surface area contributed by atoms with Gasteiger partial charge in [-0.25, -0.2) is 0 Å². The average molecular weight is 311 g/mol. The van der Waals surface area contributed by atoms with E-state index in [1.165, 1.54) is 12.0 Å². The minimum Gasteiger partial charge on any atom is -0.495 e. The summed E-state index contributed by atoms with van der Waals surface area (Å²) in [6.07, 6.45) is 3.00. The lowest BCUT2D eigenvalue weighted by molar-refractivity contribution is -0.127. The van der Waals surface area contributed by atoms with Gasteiger partial charge in [0.15, 0.2) is 0 Å². The molecule has 5 nitrogen and oxygen atoms in total. The van der Waals surface area contributed by atoms with Crippen LogP contribution in [0.2, 0.25) is 5.02 Å². The first-order valence-electron chi connectivity index (χ1n) is 6.84. The molecule has 0 spiro atoms. The molecule has 0 aromatic heterocycles. The molecular weight excluding hydrogens is 292 g/mol. The standard InChI is InChI=1S/C15H19ClN2O3/c1-18(15(14(17)20)7-3-4-8-15)13(19)10-5-6-11(16)12(9-10)21-2/h5-6,9H,3-4,7-8H2,1-2H3,(H2,17,20). The van der Waals surface area contributed by atoms with Gasteiger partial charge in [0.05, 0.1) is 12.1 Å². The molecule has 1 aromatic carbocycles. The summed E-state index contributed by atoms with van der Waals surface area (Å²) >= 11 is 5.96. The van der Waals surface area contributed by atoms with E-state index in [1.54, 1.807) is 25.2 Å². The van der Waals surface area contributed by atoms with Gasteiger partial charge in [-0.2, -0.15) is 0 Å². The van der Waals surface area contributed by atoms with Gasteiger partial charge in [0, 0.05) is 12.6 Å². The van der Waals surface area contributed by atoms with Crippen molar-refractivity contribution in [3.05, 3.63) is 28.8 Å². The van der Waals surface area contributed by atoms with Crippen LogP contribution in [0.15, 0.2) is 18.2 Å². The fraction of sp³-hybridized carbons (Fsp3) is 0.467. The van der Waals surface area contributed by atoms with E-state index in [0.717, 1.165) is 12.8 Å². The fourth-order valence-corrected chi connectivity index (χ4v) is 3.08. The van der Waals surface area contributed by atoms with Gasteiger partial charge in [0.1, 0.15) is 11.3 Å². The van der Waals surface area contributed by atoms with Crippen molar-refractivity contribution in [3.8, 4) is 5.75 Å². The summed E-state index contributed by atoms with van der Waals surface area (Å²) in [5.41, 5.74) is 5.09. The summed E-state index contributed by atoms with van der Waals surface area (Å²) in [5.74, 6) is -0.280. The minimum absolute atomic E-state index is 0.259. The number of benzene rings is 1. The molecule has 0 unspecified atom stereocenters. The van der Waals surface area contributed by atoms with Gasteiger partial charge in [0.2, 0.25) is 5.91 Å². The number of rotatable bonds is 4. The molecule has 2 rings (SSSR count). The zero-order valence-corrected chi connectivity index (χ0v) is 12.9. The number of ether oxygens (including phenoxy) is 1. The molecule has 1 fully saturated rings. The fourth-order valence-electron chi connectivity index (χ4n) is 2.89. The summed E-state index contributed by atoms with van der Waals surface area (Å²) in [5, 5.41) is 0.433. The second kappa shape index (κ2) is 5.93. The van der Waals surface area contributed by atoms with Crippen molar-refractivity contribution in [2.45, 2.75) is 31.2 Å². The van der Waals surface area contributed by atoms with Crippen LogP contribution in [0.3, 0.4) is 0 Å². The highest BCUT2D eigenvalue weighted by Crippen LogP contribution is 2.35. The second-order valence-corrected chi connectivity index (χ2v) is 5.72. The van der Waals surface area contributed by atoms with E-state index < -0.39 is 11.4 Å². The molecule has 0 heterocycles. The maximum atomic E-state index is 12.6. The van der Waals surface area contributed by atoms with Crippen LogP contribution in [-0.2, 0) is 4.79 Å². The Hall–Kier alpha value is -1.75. The first-order valence-corrected chi connectivity index (χ1v) is 7.22. The highest BCUT2D eigenvalue weighted by molar-refractivity contribution is 6.32. The lowest BCUT2D eigenvalue weighted by atomic mass is 9.94. The summed E-state index contributed by atoms with van der Waals surface area (Å²) in [7, 11) is 3.11. The maximum Gasteiger partial charge on any atom is 0.254 e. The molecule has 1 aliphatic rings. The SMILES string of the molecule is COc1cc(C(=O)N(C)C2(C(N)=O)CCCC2)ccc1Cl. The number of methoxy groups -OCH3 is 1. The third kappa shape index (κ3) is 2.70. The predicted molar refractivity (Wildman–Crippen MR) is 80.5 cm³/mol. The first-order chi connectivity index (χ1) is 9.92. The number of nitrogens with two attached hydrogens (primary N) is 1. The zero-order chi connectivity index (χ0) is 15.6. The number of carbonyl (C=O) groups excluding carboxylic acids is 2. The number of primary amides is 1. The van der Waals surface area contributed by atoms with Crippen molar-refractivity contribution in [2.24, 2.45) is 5.73 Å². The number of carbonyl (C=O) groups is 2. The minimum atomic E-state index is -0.885. The Labute approximate surface area is 129 Å². The number of nitrogens with zero attached hydrogens (tertiary/aromatic N) is 1. The van der Waals surface area contributed by atoms with Crippen molar-refractivity contribution in [2.75, 3.05) is 14.2 Å². The smallest absolute Gasteiger partial charge is 0.254 e. The van der Waals surface area contributed by atoms with Crippen LogP contribution >= 0.6 is 11.6 Å². The molecule has 0 saturated heterocycles. The molecule has 1 aromatic rings. The van der Waals surface area contributed by atoms with Crippen molar-refractivity contribution < 1.29 is 14.3 Å². The van der Waals surface area contributed by atoms with Gasteiger partial charge in [0.25, 0.3) is 5.91 Å². The Bertz CT molecular complexity index is 568. The quantitative estimate of drug-likeness (QED) is 0.926. The Morgan fingerprint density at radius 2 is 1.95 bits per heavy atom. The molecule has 21 heavy (non-hydrogen) atoms. The number of halogens is 1. The van der Waals surface area contributed by atoms with Crippen LogP contribution in [-0.4, -0.2) is 36.4 Å². The number of hydrogen-bond acceptors (Lipinski definition) is 3. The topological polar surface area (TPSA) is 72.6 Å². The van der Waals surface area contributed by atoms with E-state index in [2.05, 4.69) is 0 Å². The van der Waals surface area contributed by atoms with E-state index in [-0.39, 0.29) is 5.91 Å². The van der Waals surface area contributed by atoms with Crippen LogP contribution in [0, 0.1) is 0 Å². The summed E-state index contributed by atoms with van der Waals surface area (Å²) in [4.78, 5) is 26.0. The first kappa shape index (κ1) is 15.6. The van der Waals surface area contributed by atoms with Crippen molar-refractivity contribution in [1.82, 2.24) is 4.90 Å². The number of hydrogen-bond donors (Lipinski definition) is 1. The van der Waals surface area contributed by atoms with Crippen LogP contribution in [0.1, 0.15) is 36.0 Å². The van der Waals surface area contributed by atoms with Gasteiger partial charge >= 0.3 is 0 Å². The molecule has 0 bridgehead atoms. The van der Waals surface area contributed by atoms with Crippen molar-refractivity contribution >= 4 is 23.4 Å². The van der Waals surface area contributed by atoms with E-state index in [0.29, 0.717) is 29.2 Å². The van der Waals surface area contributed by atoms with Crippen LogP contribution in [0.5, 0.6) is 5.75 Å². The average Bonchev–Trinajstić information content (AvgIpc) is 2.97. The van der Waals surface area contributed by atoms with Gasteiger partial charge in [-0.1, -0.05) is 24.4 Å². The summed E-state index contributed by atoms with van der Waals surface area (Å²) in [6, 6.07) is 4.80. The molecule has 6 heteroatoms. The van der Waals surface area contributed by atoms with Gasteiger partial charge < -0.3 is 15.4 Å². The zero-order valence-electron chi connectivity index (χ0n) is 12.2. The van der Waals surface area contributed by atoms with Crippen LogP contribution < -0.4 is 10.5 Å². The largest absolute Gasteiger partial charge is 0.495 e. The molecule has 0 aliphatic heterocycles. The molecular formula is C15H19ClN2O3. The summed E-state index contributed by atoms with van der Waals surface area (Å²) in [6.45, 7) is 0. The van der Waals surface area contributed by atoms with Gasteiger partial charge in [-0.05, 0) is 31.0 Å². The molecule has 1 saturated carbocycles. The number of amides is 2.